The van der Waals surface area contributed by atoms with Crippen LogP contribution in [-0.4, -0.2) is 45.7 Å². The van der Waals surface area contributed by atoms with E-state index in [9.17, 15) is 9.59 Å². The van der Waals surface area contributed by atoms with E-state index in [1.807, 2.05) is 42.1 Å². The maximum absolute atomic E-state index is 12.8. The lowest BCUT2D eigenvalue weighted by molar-refractivity contribution is 0.0920. The number of ether oxygens (including phenoxy) is 1. The van der Waals surface area contributed by atoms with Gasteiger partial charge in [-0.15, -0.1) is 0 Å². The van der Waals surface area contributed by atoms with Crippen LogP contribution in [0.5, 0.6) is 0 Å². The number of hydrogen-bond acceptors (Lipinski definition) is 5. The van der Waals surface area contributed by atoms with Crippen LogP contribution in [0.4, 0.5) is 0 Å². The predicted molar refractivity (Wildman–Crippen MR) is 108 cm³/mol. The number of fused-ring (bicyclic) bond motifs is 2. The van der Waals surface area contributed by atoms with Gasteiger partial charge in [-0.3, -0.25) is 9.59 Å². The van der Waals surface area contributed by atoms with E-state index >= 15 is 0 Å². The number of thioether (sulfide) groups is 1. The van der Waals surface area contributed by atoms with Crippen LogP contribution in [0.1, 0.15) is 27.8 Å². The Morgan fingerprint density at radius 3 is 3.07 bits per heavy atom. The number of aromatic nitrogens is 3. The Kier molecular flexibility index (Phi) is 4.44. The van der Waals surface area contributed by atoms with Crippen LogP contribution in [0.15, 0.2) is 41.2 Å². The molecule has 8 heteroatoms. The van der Waals surface area contributed by atoms with Gasteiger partial charge in [-0.1, -0.05) is 18.2 Å². The van der Waals surface area contributed by atoms with Crippen molar-refractivity contribution in [3.8, 4) is 0 Å². The topological polar surface area (TPSA) is 89.0 Å². The highest BCUT2D eigenvalue weighted by atomic mass is 32.2. The molecule has 28 heavy (non-hydrogen) atoms. The predicted octanol–water partition coefficient (Wildman–Crippen LogP) is 1.88. The lowest BCUT2D eigenvalue weighted by Gasteiger charge is -2.22. The van der Waals surface area contributed by atoms with Crippen molar-refractivity contribution in [3.63, 3.8) is 0 Å². The number of benzene rings is 1. The van der Waals surface area contributed by atoms with Gasteiger partial charge in [-0.05, 0) is 23.4 Å². The second-order valence-corrected chi connectivity index (χ2v) is 8.26. The standard InChI is InChI=1S/C20H20N4O3S/c25-19-8-13-11-28-6-5-15(13)23-24(19)18-10-27-9-17(18)22-20(26)16-7-12-3-1-2-4-14(12)21-16/h1-4,7-8,17-18,21H,5-6,9-11H2,(H,22,26). The van der Waals surface area contributed by atoms with Gasteiger partial charge >= 0.3 is 0 Å². The molecule has 2 aromatic heterocycles. The summed E-state index contributed by atoms with van der Waals surface area (Å²) in [5.74, 6) is 1.64. The minimum atomic E-state index is -0.305. The summed E-state index contributed by atoms with van der Waals surface area (Å²) in [7, 11) is 0. The molecular formula is C20H20N4O3S. The van der Waals surface area contributed by atoms with E-state index in [0.29, 0.717) is 18.9 Å². The number of carbonyl (C=O) groups excluding carboxylic acids is 1. The number of aryl methyl sites for hydroxylation is 1. The number of nitrogens with zero attached hydrogens (tertiary/aromatic N) is 2. The monoisotopic (exact) mass is 396 g/mol. The number of rotatable bonds is 3. The zero-order valence-electron chi connectivity index (χ0n) is 15.2. The Morgan fingerprint density at radius 1 is 1.29 bits per heavy atom. The highest BCUT2D eigenvalue weighted by Gasteiger charge is 2.33. The zero-order chi connectivity index (χ0) is 19.1. The van der Waals surface area contributed by atoms with Crippen molar-refractivity contribution in [3.05, 3.63) is 63.7 Å². The first kappa shape index (κ1) is 17.5. The van der Waals surface area contributed by atoms with E-state index in [1.165, 1.54) is 4.68 Å². The Labute approximate surface area is 165 Å². The summed E-state index contributed by atoms with van der Waals surface area (Å²) in [4.78, 5) is 28.5. The average molecular weight is 396 g/mol. The van der Waals surface area contributed by atoms with E-state index in [0.717, 1.165) is 40.1 Å². The third-order valence-electron chi connectivity index (χ3n) is 5.32. The molecular weight excluding hydrogens is 376 g/mol. The van der Waals surface area contributed by atoms with Gasteiger partial charge in [0.15, 0.2) is 0 Å². The molecule has 1 amide bonds. The smallest absolute Gasteiger partial charge is 0.268 e. The van der Waals surface area contributed by atoms with Crippen LogP contribution < -0.4 is 10.9 Å². The lowest BCUT2D eigenvalue weighted by Crippen LogP contribution is -2.44. The third kappa shape index (κ3) is 3.12. The molecule has 1 saturated heterocycles. The molecule has 1 aromatic carbocycles. The average Bonchev–Trinajstić information content (AvgIpc) is 3.34. The molecule has 2 N–H and O–H groups in total. The molecule has 3 aromatic rings. The fourth-order valence-corrected chi connectivity index (χ4v) is 4.78. The molecule has 4 heterocycles. The van der Waals surface area contributed by atoms with Gasteiger partial charge in [0, 0.05) is 29.1 Å². The summed E-state index contributed by atoms with van der Waals surface area (Å²) >= 11 is 1.82. The number of aromatic amines is 1. The van der Waals surface area contributed by atoms with Crippen LogP contribution in [0.3, 0.4) is 0 Å². The first-order valence-electron chi connectivity index (χ1n) is 9.35. The van der Waals surface area contributed by atoms with Gasteiger partial charge in [0.1, 0.15) is 11.7 Å². The fraction of sp³-hybridized carbons (Fsp3) is 0.350. The Balaban J connectivity index is 1.40. The quantitative estimate of drug-likeness (QED) is 0.706. The SMILES string of the molecule is O=C(NC1COCC1n1nc2c(cc1=O)CSCC2)c1cc2ccccc2[nH]1. The van der Waals surface area contributed by atoms with Crippen molar-refractivity contribution in [2.75, 3.05) is 19.0 Å². The molecule has 2 unspecified atom stereocenters. The third-order valence-corrected chi connectivity index (χ3v) is 6.33. The van der Waals surface area contributed by atoms with E-state index < -0.39 is 0 Å². The van der Waals surface area contributed by atoms with Gasteiger partial charge in [0.05, 0.1) is 24.9 Å². The van der Waals surface area contributed by atoms with E-state index in [2.05, 4.69) is 15.4 Å². The number of para-hydroxylation sites is 1. The maximum Gasteiger partial charge on any atom is 0.268 e. The van der Waals surface area contributed by atoms with Crippen LogP contribution in [0.25, 0.3) is 10.9 Å². The van der Waals surface area contributed by atoms with Gasteiger partial charge in [0.25, 0.3) is 11.5 Å². The number of nitrogens with one attached hydrogen (secondary N) is 2. The fourth-order valence-electron chi connectivity index (χ4n) is 3.83. The maximum atomic E-state index is 12.8. The lowest BCUT2D eigenvalue weighted by atomic mass is 10.1. The molecule has 0 radical (unpaired) electrons. The summed E-state index contributed by atoms with van der Waals surface area (Å²) in [6.45, 7) is 0.718. The molecule has 2 atom stereocenters. The molecule has 144 valence electrons. The zero-order valence-corrected chi connectivity index (χ0v) is 16.0. The van der Waals surface area contributed by atoms with Crippen LogP contribution in [0, 0.1) is 0 Å². The minimum absolute atomic E-state index is 0.137. The van der Waals surface area contributed by atoms with Crippen LogP contribution in [0.2, 0.25) is 0 Å². The van der Waals surface area contributed by atoms with Crippen molar-refractivity contribution in [1.82, 2.24) is 20.1 Å². The Bertz CT molecular complexity index is 1070. The van der Waals surface area contributed by atoms with Crippen molar-refractivity contribution in [2.45, 2.75) is 24.3 Å². The molecule has 2 aliphatic rings. The number of amides is 1. The molecule has 2 aliphatic heterocycles. The van der Waals surface area contributed by atoms with Gasteiger partial charge < -0.3 is 15.0 Å². The second kappa shape index (κ2) is 7.10. The molecule has 5 rings (SSSR count). The number of carbonyl (C=O) groups is 1. The highest BCUT2D eigenvalue weighted by Crippen LogP contribution is 2.24. The first-order valence-corrected chi connectivity index (χ1v) is 10.5. The van der Waals surface area contributed by atoms with Gasteiger partial charge in [-0.25, -0.2) is 4.68 Å². The number of H-pyrrole nitrogens is 1. The first-order chi connectivity index (χ1) is 13.7. The molecule has 0 saturated carbocycles. The molecule has 0 aliphatic carbocycles. The summed E-state index contributed by atoms with van der Waals surface area (Å²) < 4.78 is 7.09. The van der Waals surface area contributed by atoms with Crippen LogP contribution in [-0.2, 0) is 16.9 Å². The summed E-state index contributed by atoms with van der Waals surface area (Å²) in [5, 5.41) is 8.61. The van der Waals surface area contributed by atoms with E-state index in [1.54, 1.807) is 6.07 Å². The van der Waals surface area contributed by atoms with Crippen molar-refractivity contribution < 1.29 is 9.53 Å². The molecule has 7 nitrogen and oxygen atoms in total. The largest absolute Gasteiger partial charge is 0.377 e. The highest BCUT2D eigenvalue weighted by molar-refractivity contribution is 7.98. The summed E-state index contributed by atoms with van der Waals surface area (Å²) in [6, 6.07) is 10.7. The van der Waals surface area contributed by atoms with Crippen molar-refractivity contribution in [2.24, 2.45) is 0 Å². The van der Waals surface area contributed by atoms with Crippen molar-refractivity contribution in [1.29, 1.82) is 0 Å². The second-order valence-electron chi connectivity index (χ2n) is 7.16. The molecule has 1 fully saturated rings. The minimum Gasteiger partial charge on any atom is -0.377 e. The molecule has 0 bridgehead atoms. The van der Waals surface area contributed by atoms with Gasteiger partial charge in [-0.2, -0.15) is 16.9 Å². The Hall–Kier alpha value is -2.58. The Morgan fingerprint density at radius 2 is 2.18 bits per heavy atom. The van der Waals surface area contributed by atoms with E-state index in [-0.39, 0.29) is 23.6 Å². The number of hydrogen-bond donors (Lipinski definition) is 2. The normalized spacial score (nSPS) is 21.6. The molecule has 0 spiro atoms. The van der Waals surface area contributed by atoms with Gasteiger partial charge in [0.2, 0.25) is 0 Å². The summed E-state index contributed by atoms with van der Waals surface area (Å²) in [6.07, 6.45) is 0.861. The van der Waals surface area contributed by atoms with E-state index in [4.69, 9.17) is 4.74 Å². The van der Waals surface area contributed by atoms with Crippen molar-refractivity contribution >= 4 is 28.6 Å². The van der Waals surface area contributed by atoms with Crippen LogP contribution >= 0.6 is 11.8 Å². The summed E-state index contributed by atoms with van der Waals surface area (Å²) in [5.41, 5.74) is 3.27.